The number of hydrogen-bond acceptors (Lipinski definition) is 2. The van der Waals surface area contributed by atoms with Crippen molar-refractivity contribution < 1.29 is 14.5 Å². The number of hydrogen-bond donors (Lipinski definition) is 0. The van der Waals surface area contributed by atoms with Gasteiger partial charge in [-0.2, -0.15) is 0 Å². The third-order valence-electron chi connectivity index (χ3n) is 2.31. The number of benzene rings is 1. The van der Waals surface area contributed by atoms with E-state index < -0.39 is 5.97 Å². The molecule has 92 valence electrons. The van der Waals surface area contributed by atoms with E-state index in [2.05, 4.69) is 4.98 Å². The summed E-state index contributed by atoms with van der Waals surface area (Å²) in [6, 6.07) is 8.12. The van der Waals surface area contributed by atoms with Crippen LogP contribution in [0.1, 0.15) is 16.1 Å². The fourth-order valence-corrected chi connectivity index (χ4v) is 1.64. The lowest BCUT2D eigenvalue weighted by Gasteiger charge is -2.03. The van der Waals surface area contributed by atoms with E-state index in [1.54, 1.807) is 24.4 Å². The zero-order valence-corrected chi connectivity index (χ0v) is 11.0. The monoisotopic (exact) mass is 282 g/mol. The van der Waals surface area contributed by atoms with Crippen molar-refractivity contribution in [1.82, 2.24) is 0 Å². The lowest BCUT2D eigenvalue weighted by molar-refractivity contribution is -0.388. The number of aryl methyl sites for hydroxylation is 1. The lowest BCUT2D eigenvalue weighted by Crippen LogP contribution is -2.12. The van der Waals surface area contributed by atoms with E-state index in [-0.39, 0.29) is 0 Å². The van der Waals surface area contributed by atoms with Crippen LogP contribution >= 0.6 is 23.2 Å². The maximum atomic E-state index is 11.8. The molecule has 0 saturated heterocycles. The molecule has 0 aliphatic heterocycles. The zero-order chi connectivity index (χ0) is 13.1. The summed E-state index contributed by atoms with van der Waals surface area (Å²) in [5.41, 5.74) is 1.33. The van der Waals surface area contributed by atoms with E-state index >= 15 is 0 Å². The van der Waals surface area contributed by atoms with Gasteiger partial charge in [-0.15, -0.1) is 0 Å². The fraction of sp³-hybridized carbons (Fsp3) is 0.0769. The van der Waals surface area contributed by atoms with Gasteiger partial charge in [0.1, 0.15) is 0 Å². The third-order valence-corrected chi connectivity index (χ3v) is 3.04. The van der Waals surface area contributed by atoms with Crippen LogP contribution in [0.4, 0.5) is 0 Å². The van der Waals surface area contributed by atoms with Crippen LogP contribution in [-0.2, 0) is 0 Å². The van der Waals surface area contributed by atoms with Crippen molar-refractivity contribution in [3.63, 3.8) is 0 Å². The summed E-state index contributed by atoms with van der Waals surface area (Å²) in [5, 5.41) is 0.721. The SMILES string of the molecule is Cc1ccc(OC(=O)c2ccc(Cl)c(Cl)c2)c[nH+]1. The second-order valence-corrected chi connectivity index (χ2v) is 4.54. The van der Waals surface area contributed by atoms with Crippen LogP contribution in [0.5, 0.6) is 5.75 Å². The van der Waals surface area contributed by atoms with Gasteiger partial charge in [-0.1, -0.05) is 23.2 Å². The number of pyridine rings is 1. The maximum absolute atomic E-state index is 11.8. The number of rotatable bonds is 2. The van der Waals surface area contributed by atoms with Crippen LogP contribution < -0.4 is 9.72 Å². The molecule has 0 atom stereocenters. The predicted molar refractivity (Wildman–Crippen MR) is 69.2 cm³/mol. The Kier molecular flexibility index (Phi) is 3.84. The van der Waals surface area contributed by atoms with Crippen LogP contribution in [0.2, 0.25) is 10.0 Å². The first kappa shape index (κ1) is 12.9. The molecule has 18 heavy (non-hydrogen) atoms. The molecule has 1 heterocycles. The van der Waals surface area contributed by atoms with E-state index in [4.69, 9.17) is 27.9 Å². The predicted octanol–water partition coefficient (Wildman–Crippen LogP) is 3.34. The second-order valence-electron chi connectivity index (χ2n) is 3.73. The van der Waals surface area contributed by atoms with Crippen molar-refractivity contribution >= 4 is 29.2 Å². The van der Waals surface area contributed by atoms with E-state index in [0.717, 1.165) is 5.69 Å². The Bertz CT molecular complexity index is 582. The number of nitrogens with one attached hydrogen (secondary N) is 1. The maximum Gasteiger partial charge on any atom is 0.343 e. The molecule has 0 fully saturated rings. The van der Waals surface area contributed by atoms with Gasteiger partial charge in [0, 0.05) is 13.0 Å². The average Bonchev–Trinajstić information content (AvgIpc) is 2.35. The van der Waals surface area contributed by atoms with Crippen LogP contribution in [0.15, 0.2) is 36.5 Å². The van der Waals surface area contributed by atoms with Crippen molar-refractivity contribution in [1.29, 1.82) is 0 Å². The summed E-state index contributed by atoms with van der Waals surface area (Å²) in [7, 11) is 0. The minimum atomic E-state index is -0.481. The Labute approximate surface area is 114 Å². The van der Waals surface area contributed by atoms with E-state index in [1.807, 2.05) is 13.0 Å². The number of esters is 1. The van der Waals surface area contributed by atoms with E-state index in [0.29, 0.717) is 21.4 Å². The highest BCUT2D eigenvalue weighted by Gasteiger charge is 2.11. The van der Waals surface area contributed by atoms with Gasteiger partial charge in [-0.25, -0.2) is 9.78 Å². The van der Waals surface area contributed by atoms with Gasteiger partial charge in [0.15, 0.2) is 11.4 Å². The van der Waals surface area contributed by atoms with Crippen molar-refractivity contribution in [3.8, 4) is 5.75 Å². The Morgan fingerprint density at radius 1 is 1.17 bits per heavy atom. The van der Waals surface area contributed by atoms with Gasteiger partial charge < -0.3 is 4.74 Å². The molecule has 1 N–H and O–H groups in total. The van der Waals surface area contributed by atoms with Crippen molar-refractivity contribution in [2.75, 3.05) is 0 Å². The molecular formula is C13H10Cl2NO2+. The highest BCUT2D eigenvalue weighted by Crippen LogP contribution is 2.23. The van der Waals surface area contributed by atoms with Crippen LogP contribution in [0, 0.1) is 6.92 Å². The normalized spacial score (nSPS) is 10.2. The van der Waals surface area contributed by atoms with Gasteiger partial charge in [-0.05, 0) is 24.3 Å². The van der Waals surface area contributed by atoms with Gasteiger partial charge in [0.05, 0.1) is 15.6 Å². The number of carbonyl (C=O) groups excluding carboxylic acids is 1. The molecule has 0 aliphatic rings. The molecule has 0 amide bonds. The number of aromatic amines is 1. The van der Waals surface area contributed by atoms with Crippen LogP contribution in [0.25, 0.3) is 0 Å². The van der Waals surface area contributed by atoms with Crippen molar-refractivity contribution in [2.45, 2.75) is 6.92 Å². The summed E-state index contributed by atoms with van der Waals surface area (Å²) in [5.74, 6) is -0.0394. The molecule has 0 unspecified atom stereocenters. The summed E-state index contributed by atoms with van der Waals surface area (Å²) in [4.78, 5) is 14.8. The van der Waals surface area contributed by atoms with Crippen molar-refractivity contribution in [3.05, 3.63) is 57.8 Å². The molecule has 1 aromatic heterocycles. The first-order valence-corrected chi connectivity index (χ1v) is 5.97. The zero-order valence-electron chi connectivity index (χ0n) is 9.54. The molecule has 0 spiro atoms. The Hall–Kier alpha value is -1.58. The quantitative estimate of drug-likeness (QED) is 0.793. The standard InChI is InChI=1S/C13H9Cl2NO2/c1-8-2-4-10(7-16-8)18-13(17)9-3-5-11(14)12(15)6-9/h2-7H,1H3/p+1. The Morgan fingerprint density at radius 3 is 2.56 bits per heavy atom. The van der Waals surface area contributed by atoms with Gasteiger partial charge in [0.25, 0.3) is 0 Å². The third kappa shape index (κ3) is 3.00. The summed E-state index contributed by atoms with van der Waals surface area (Å²) >= 11 is 11.6. The second kappa shape index (κ2) is 5.38. The molecule has 0 bridgehead atoms. The first-order valence-electron chi connectivity index (χ1n) is 5.22. The van der Waals surface area contributed by atoms with Gasteiger partial charge >= 0.3 is 5.97 Å². The molecule has 5 heteroatoms. The number of halogens is 2. The smallest absolute Gasteiger partial charge is 0.343 e. The summed E-state index contributed by atoms with van der Waals surface area (Å²) in [6.45, 7) is 1.91. The number of carbonyl (C=O) groups is 1. The summed E-state index contributed by atoms with van der Waals surface area (Å²) in [6.07, 6.45) is 1.62. The molecule has 0 aliphatic carbocycles. The highest BCUT2D eigenvalue weighted by molar-refractivity contribution is 6.42. The Morgan fingerprint density at radius 2 is 1.94 bits per heavy atom. The highest BCUT2D eigenvalue weighted by atomic mass is 35.5. The average molecular weight is 283 g/mol. The number of aromatic nitrogens is 1. The first-order chi connectivity index (χ1) is 8.56. The van der Waals surface area contributed by atoms with Crippen LogP contribution in [0.3, 0.4) is 0 Å². The molecule has 1 aromatic carbocycles. The molecule has 2 aromatic rings. The van der Waals surface area contributed by atoms with E-state index in [9.17, 15) is 4.79 Å². The molecule has 2 rings (SSSR count). The lowest BCUT2D eigenvalue weighted by atomic mass is 10.2. The minimum Gasteiger partial charge on any atom is -0.417 e. The van der Waals surface area contributed by atoms with E-state index in [1.165, 1.54) is 6.07 Å². The molecule has 0 saturated carbocycles. The Balaban J connectivity index is 2.16. The molecule has 0 radical (unpaired) electrons. The molecule has 3 nitrogen and oxygen atoms in total. The van der Waals surface area contributed by atoms with Crippen LogP contribution in [-0.4, -0.2) is 5.97 Å². The number of H-pyrrole nitrogens is 1. The van der Waals surface area contributed by atoms with Gasteiger partial charge in [-0.3, -0.25) is 0 Å². The minimum absolute atomic E-state index is 0.321. The summed E-state index contributed by atoms with van der Waals surface area (Å²) < 4.78 is 5.18. The topological polar surface area (TPSA) is 40.4 Å². The fourth-order valence-electron chi connectivity index (χ4n) is 1.34. The largest absolute Gasteiger partial charge is 0.417 e. The number of ether oxygens (including phenoxy) is 1. The van der Waals surface area contributed by atoms with Crippen molar-refractivity contribution in [2.24, 2.45) is 0 Å². The molecular weight excluding hydrogens is 273 g/mol. The van der Waals surface area contributed by atoms with Gasteiger partial charge in [0.2, 0.25) is 6.20 Å².